The first-order valence-electron chi connectivity index (χ1n) is 3.48. The molecule has 0 spiro atoms. The maximum atomic E-state index is 10.9. The van der Waals surface area contributed by atoms with Crippen LogP contribution < -0.4 is 16.6 Å². The topological polar surface area (TPSA) is 80.0 Å². The predicted octanol–water partition coefficient (Wildman–Crippen LogP) is 0.178. The summed E-state index contributed by atoms with van der Waals surface area (Å²) in [5.41, 5.74) is 2.36. The van der Waals surface area contributed by atoms with Crippen LogP contribution in [0.15, 0.2) is 5.38 Å². The molecule has 0 unspecified atom stereocenters. The molecule has 1 amide bonds. The highest BCUT2D eigenvalue weighted by Crippen LogP contribution is 2.14. The number of carbonyl (C=O) groups is 1. The SMILES string of the molecule is CCNc1nc(C(=O)NN)cs1. The zero-order chi connectivity index (χ0) is 8.97. The molecule has 0 aliphatic rings. The van der Waals surface area contributed by atoms with Crippen LogP contribution in [0.3, 0.4) is 0 Å². The highest BCUT2D eigenvalue weighted by molar-refractivity contribution is 7.13. The number of amides is 1. The van der Waals surface area contributed by atoms with Crippen molar-refractivity contribution < 1.29 is 4.79 Å². The number of nitrogen functional groups attached to an aromatic ring is 1. The van der Waals surface area contributed by atoms with Gasteiger partial charge in [-0.1, -0.05) is 0 Å². The first kappa shape index (κ1) is 8.95. The van der Waals surface area contributed by atoms with Crippen LogP contribution >= 0.6 is 11.3 Å². The van der Waals surface area contributed by atoms with Crippen LogP contribution in [0.4, 0.5) is 5.13 Å². The van der Waals surface area contributed by atoms with Gasteiger partial charge in [-0.25, -0.2) is 10.8 Å². The van der Waals surface area contributed by atoms with E-state index < -0.39 is 0 Å². The molecule has 0 fully saturated rings. The summed E-state index contributed by atoms with van der Waals surface area (Å²) in [7, 11) is 0. The van der Waals surface area contributed by atoms with Gasteiger partial charge >= 0.3 is 0 Å². The molecule has 1 aromatic heterocycles. The van der Waals surface area contributed by atoms with Gasteiger partial charge in [0.05, 0.1) is 0 Å². The lowest BCUT2D eigenvalue weighted by Gasteiger charge is -1.94. The zero-order valence-electron chi connectivity index (χ0n) is 6.63. The minimum atomic E-state index is -0.365. The Kier molecular flexibility index (Phi) is 3.01. The number of aromatic nitrogens is 1. The standard InChI is InChI=1S/C6H10N4OS/c1-2-8-6-9-4(3-12-6)5(11)10-7/h3H,2,7H2,1H3,(H,8,9)(H,10,11). The fourth-order valence-corrected chi connectivity index (χ4v) is 1.45. The average molecular weight is 186 g/mol. The number of anilines is 1. The molecular formula is C6H10N4OS. The van der Waals surface area contributed by atoms with Crippen molar-refractivity contribution in [2.45, 2.75) is 6.92 Å². The Hall–Kier alpha value is -1.14. The van der Waals surface area contributed by atoms with Gasteiger partial charge in [0.2, 0.25) is 0 Å². The Bertz CT molecular complexity index is 272. The maximum absolute atomic E-state index is 10.9. The molecule has 1 aromatic rings. The third-order valence-corrected chi connectivity index (χ3v) is 2.00. The largest absolute Gasteiger partial charge is 0.362 e. The van der Waals surface area contributed by atoms with Crippen LogP contribution in [0, 0.1) is 0 Å². The molecule has 6 heteroatoms. The van der Waals surface area contributed by atoms with E-state index in [-0.39, 0.29) is 5.91 Å². The Labute approximate surface area is 74.0 Å². The quantitative estimate of drug-likeness (QED) is 0.357. The first-order chi connectivity index (χ1) is 5.77. The number of carbonyl (C=O) groups excluding carboxylic acids is 1. The molecule has 4 N–H and O–H groups in total. The molecule has 5 nitrogen and oxygen atoms in total. The Morgan fingerprint density at radius 1 is 1.83 bits per heavy atom. The smallest absolute Gasteiger partial charge is 0.284 e. The lowest BCUT2D eigenvalue weighted by molar-refractivity contribution is 0.0949. The third-order valence-electron chi connectivity index (χ3n) is 1.20. The van der Waals surface area contributed by atoms with Crippen molar-refractivity contribution in [3.05, 3.63) is 11.1 Å². The van der Waals surface area contributed by atoms with Gasteiger partial charge in [-0.2, -0.15) is 0 Å². The number of hydrogen-bond donors (Lipinski definition) is 3. The summed E-state index contributed by atoms with van der Waals surface area (Å²) >= 11 is 1.38. The average Bonchev–Trinajstić information content (AvgIpc) is 2.52. The Balaban J connectivity index is 2.70. The van der Waals surface area contributed by atoms with E-state index in [0.29, 0.717) is 5.69 Å². The molecule has 0 aliphatic heterocycles. The first-order valence-corrected chi connectivity index (χ1v) is 4.36. The molecule has 0 radical (unpaired) electrons. The normalized spacial score (nSPS) is 9.50. The van der Waals surface area contributed by atoms with Crippen LogP contribution in [-0.2, 0) is 0 Å². The second kappa shape index (κ2) is 4.03. The van der Waals surface area contributed by atoms with Gasteiger partial charge in [-0.15, -0.1) is 11.3 Å². The van der Waals surface area contributed by atoms with Crippen LogP contribution in [0.1, 0.15) is 17.4 Å². The van der Waals surface area contributed by atoms with Crippen molar-refractivity contribution in [1.82, 2.24) is 10.4 Å². The summed E-state index contributed by atoms with van der Waals surface area (Å²) in [6.45, 7) is 2.75. The molecule has 0 aromatic carbocycles. The number of thiazole rings is 1. The molecule has 12 heavy (non-hydrogen) atoms. The number of hydrazine groups is 1. The van der Waals surface area contributed by atoms with Gasteiger partial charge in [0, 0.05) is 11.9 Å². The zero-order valence-corrected chi connectivity index (χ0v) is 7.44. The van der Waals surface area contributed by atoms with Crippen LogP contribution in [0.5, 0.6) is 0 Å². The maximum Gasteiger partial charge on any atom is 0.284 e. The number of nitrogens with one attached hydrogen (secondary N) is 2. The minimum absolute atomic E-state index is 0.346. The highest BCUT2D eigenvalue weighted by Gasteiger charge is 2.07. The van der Waals surface area contributed by atoms with Gasteiger partial charge in [0.25, 0.3) is 5.91 Å². The molecule has 0 atom stereocenters. The van der Waals surface area contributed by atoms with E-state index in [1.165, 1.54) is 11.3 Å². The summed E-state index contributed by atoms with van der Waals surface area (Å²) in [5, 5.41) is 5.38. The molecule has 0 aliphatic carbocycles. The minimum Gasteiger partial charge on any atom is -0.362 e. The summed E-state index contributed by atoms with van der Waals surface area (Å²) in [5.74, 6) is 4.57. The number of hydrogen-bond acceptors (Lipinski definition) is 5. The van der Waals surface area contributed by atoms with Gasteiger partial charge in [-0.3, -0.25) is 10.2 Å². The molecule has 1 heterocycles. The van der Waals surface area contributed by atoms with E-state index in [2.05, 4.69) is 10.3 Å². The lowest BCUT2D eigenvalue weighted by atomic mass is 10.5. The van der Waals surface area contributed by atoms with Crippen LogP contribution in [-0.4, -0.2) is 17.4 Å². The fraction of sp³-hybridized carbons (Fsp3) is 0.333. The molecule has 66 valence electrons. The molecule has 0 saturated heterocycles. The van der Waals surface area contributed by atoms with Crippen molar-refractivity contribution in [3.8, 4) is 0 Å². The number of nitrogens with zero attached hydrogens (tertiary/aromatic N) is 1. The molecular weight excluding hydrogens is 176 g/mol. The Morgan fingerprint density at radius 3 is 3.17 bits per heavy atom. The number of rotatable bonds is 3. The predicted molar refractivity (Wildman–Crippen MR) is 47.9 cm³/mol. The summed E-state index contributed by atoms with van der Waals surface area (Å²) in [6.07, 6.45) is 0. The van der Waals surface area contributed by atoms with E-state index in [9.17, 15) is 4.79 Å². The molecule has 0 saturated carbocycles. The van der Waals surface area contributed by atoms with Crippen molar-refractivity contribution in [2.24, 2.45) is 5.84 Å². The van der Waals surface area contributed by atoms with Gasteiger partial charge in [0.15, 0.2) is 5.13 Å². The van der Waals surface area contributed by atoms with E-state index in [0.717, 1.165) is 11.7 Å². The van der Waals surface area contributed by atoms with Crippen LogP contribution in [0.25, 0.3) is 0 Å². The van der Waals surface area contributed by atoms with E-state index >= 15 is 0 Å². The van der Waals surface area contributed by atoms with Crippen molar-refractivity contribution in [1.29, 1.82) is 0 Å². The van der Waals surface area contributed by atoms with Crippen molar-refractivity contribution in [2.75, 3.05) is 11.9 Å². The van der Waals surface area contributed by atoms with Gasteiger partial charge in [0.1, 0.15) is 5.69 Å². The molecule has 0 bridgehead atoms. The van der Waals surface area contributed by atoms with Crippen molar-refractivity contribution in [3.63, 3.8) is 0 Å². The highest BCUT2D eigenvalue weighted by atomic mass is 32.1. The van der Waals surface area contributed by atoms with E-state index in [4.69, 9.17) is 5.84 Å². The van der Waals surface area contributed by atoms with Crippen molar-refractivity contribution >= 4 is 22.4 Å². The molecule has 1 rings (SSSR count). The number of nitrogens with two attached hydrogens (primary N) is 1. The summed E-state index contributed by atoms with van der Waals surface area (Å²) in [4.78, 5) is 14.9. The summed E-state index contributed by atoms with van der Waals surface area (Å²) in [6, 6.07) is 0. The second-order valence-electron chi connectivity index (χ2n) is 2.04. The van der Waals surface area contributed by atoms with Crippen LogP contribution in [0.2, 0.25) is 0 Å². The monoisotopic (exact) mass is 186 g/mol. The fourth-order valence-electron chi connectivity index (χ4n) is 0.684. The van der Waals surface area contributed by atoms with E-state index in [1.807, 2.05) is 12.3 Å². The van der Waals surface area contributed by atoms with Gasteiger partial charge < -0.3 is 5.32 Å². The Morgan fingerprint density at radius 2 is 2.58 bits per heavy atom. The third kappa shape index (κ3) is 1.93. The second-order valence-corrected chi connectivity index (χ2v) is 2.90. The summed E-state index contributed by atoms with van der Waals surface area (Å²) < 4.78 is 0. The van der Waals surface area contributed by atoms with Gasteiger partial charge in [-0.05, 0) is 6.92 Å². The lowest BCUT2D eigenvalue weighted by Crippen LogP contribution is -2.30. The van der Waals surface area contributed by atoms with E-state index in [1.54, 1.807) is 5.38 Å².